The number of halogens is 1. The third-order valence-electron chi connectivity index (χ3n) is 4.65. The van der Waals surface area contributed by atoms with Crippen molar-refractivity contribution < 1.29 is 19.1 Å². The Morgan fingerprint density at radius 3 is 2.39 bits per heavy atom. The number of amides is 2. The molecule has 1 fully saturated rings. The molecule has 2 aromatic rings. The highest BCUT2D eigenvalue weighted by atomic mass is 35.5. The lowest BCUT2D eigenvalue weighted by Crippen LogP contribution is -2.39. The van der Waals surface area contributed by atoms with E-state index in [1.54, 1.807) is 53.3 Å². The first-order valence-electron chi connectivity index (χ1n) is 9.17. The van der Waals surface area contributed by atoms with Crippen LogP contribution in [0.2, 0.25) is 5.02 Å². The van der Waals surface area contributed by atoms with Crippen LogP contribution in [-0.2, 0) is 4.79 Å². The predicted molar refractivity (Wildman–Crippen MR) is 107 cm³/mol. The van der Waals surface area contributed by atoms with E-state index in [9.17, 15) is 9.59 Å². The number of ether oxygens (including phenoxy) is 2. The molecule has 1 heterocycles. The van der Waals surface area contributed by atoms with E-state index in [1.165, 1.54) is 0 Å². The van der Waals surface area contributed by atoms with Gasteiger partial charge >= 0.3 is 0 Å². The second kappa shape index (κ2) is 9.46. The predicted octanol–water partition coefficient (Wildman–Crippen LogP) is 3.10. The molecular weight excluding hydrogens is 380 g/mol. The minimum absolute atomic E-state index is 0.0396. The summed E-state index contributed by atoms with van der Waals surface area (Å²) < 4.78 is 10.8. The van der Waals surface area contributed by atoms with E-state index in [4.69, 9.17) is 21.1 Å². The lowest BCUT2D eigenvalue weighted by Gasteiger charge is -2.23. The number of rotatable bonds is 5. The van der Waals surface area contributed by atoms with Crippen LogP contribution in [0.4, 0.5) is 0 Å². The fourth-order valence-corrected chi connectivity index (χ4v) is 3.25. The summed E-state index contributed by atoms with van der Waals surface area (Å²) in [6.45, 7) is 2.10. The molecule has 0 radical (unpaired) electrons. The average molecular weight is 403 g/mol. The molecule has 148 valence electrons. The molecule has 0 aromatic heterocycles. The number of hydrogen-bond acceptors (Lipinski definition) is 4. The Hall–Kier alpha value is -2.73. The zero-order valence-electron chi connectivity index (χ0n) is 15.8. The SMILES string of the molecule is COc1ccccc1C(=O)N1CCCN(C(=O)COc2ccc(Cl)cc2)CC1. The van der Waals surface area contributed by atoms with Gasteiger partial charge in [0.05, 0.1) is 12.7 Å². The minimum atomic E-state index is -0.0958. The van der Waals surface area contributed by atoms with Gasteiger partial charge in [-0.3, -0.25) is 9.59 Å². The summed E-state index contributed by atoms with van der Waals surface area (Å²) in [5.74, 6) is 0.979. The molecule has 7 heteroatoms. The maximum absolute atomic E-state index is 12.9. The number of hydrogen-bond donors (Lipinski definition) is 0. The van der Waals surface area contributed by atoms with Gasteiger partial charge in [-0.25, -0.2) is 0 Å². The smallest absolute Gasteiger partial charge is 0.260 e. The molecule has 0 N–H and O–H groups in total. The van der Waals surface area contributed by atoms with Gasteiger partial charge in [0.1, 0.15) is 11.5 Å². The first kappa shape index (κ1) is 20.0. The lowest BCUT2D eigenvalue weighted by molar-refractivity contribution is -0.133. The van der Waals surface area contributed by atoms with Crippen molar-refractivity contribution in [3.63, 3.8) is 0 Å². The van der Waals surface area contributed by atoms with Crippen molar-refractivity contribution in [3.8, 4) is 11.5 Å². The van der Waals surface area contributed by atoms with Crippen LogP contribution in [0, 0.1) is 0 Å². The lowest BCUT2D eigenvalue weighted by atomic mass is 10.1. The number of benzene rings is 2. The molecule has 2 amide bonds. The van der Waals surface area contributed by atoms with Gasteiger partial charge in [-0.2, -0.15) is 0 Å². The summed E-state index contributed by atoms with van der Waals surface area (Å²) in [7, 11) is 1.55. The van der Waals surface area contributed by atoms with Crippen LogP contribution in [0.15, 0.2) is 48.5 Å². The van der Waals surface area contributed by atoms with Crippen molar-refractivity contribution in [2.75, 3.05) is 39.9 Å². The second-order valence-corrected chi connectivity index (χ2v) is 6.91. The van der Waals surface area contributed by atoms with E-state index in [0.717, 1.165) is 0 Å². The van der Waals surface area contributed by atoms with Crippen LogP contribution in [0.1, 0.15) is 16.8 Å². The van der Waals surface area contributed by atoms with Gasteiger partial charge in [0.25, 0.3) is 11.8 Å². The van der Waals surface area contributed by atoms with Gasteiger partial charge < -0.3 is 19.3 Å². The number of methoxy groups -OCH3 is 1. The quantitative estimate of drug-likeness (QED) is 0.771. The maximum atomic E-state index is 12.9. The Bertz CT molecular complexity index is 825. The second-order valence-electron chi connectivity index (χ2n) is 6.47. The van der Waals surface area contributed by atoms with Crippen molar-refractivity contribution in [3.05, 3.63) is 59.1 Å². The maximum Gasteiger partial charge on any atom is 0.260 e. The van der Waals surface area contributed by atoms with Crippen LogP contribution >= 0.6 is 11.6 Å². The van der Waals surface area contributed by atoms with Gasteiger partial charge in [-0.05, 0) is 42.8 Å². The highest BCUT2D eigenvalue weighted by molar-refractivity contribution is 6.30. The Morgan fingerprint density at radius 2 is 1.64 bits per heavy atom. The van der Waals surface area contributed by atoms with E-state index in [2.05, 4.69) is 0 Å². The number of para-hydroxylation sites is 1. The van der Waals surface area contributed by atoms with Crippen molar-refractivity contribution in [2.24, 2.45) is 0 Å². The normalized spacial score (nSPS) is 14.4. The molecule has 3 rings (SSSR count). The number of carbonyl (C=O) groups is 2. The summed E-state index contributed by atoms with van der Waals surface area (Å²) >= 11 is 5.85. The monoisotopic (exact) mass is 402 g/mol. The molecule has 1 aliphatic heterocycles. The average Bonchev–Trinajstić information content (AvgIpc) is 2.99. The molecule has 2 aromatic carbocycles. The van der Waals surface area contributed by atoms with Crippen molar-refractivity contribution in [1.82, 2.24) is 9.80 Å². The summed E-state index contributed by atoms with van der Waals surface area (Å²) in [5, 5.41) is 0.617. The number of carbonyl (C=O) groups excluding carboxylic acids is 2. The van der Waals surface area contributed by atoms with Crippen LogP contribution in [0.3, 0.4) is 0 Å². The largest absolute Gasteiger partial charge is 0.496 e. The third-order valence-corrected chi connectivity index (χ3v) is 4.90. The zero-order chi connectivity index (χ0) is 19.9. The van der Waals surface area contributed by atoms with E-state index in [-0.39, 0.29) is 18.4 Å². The third kappa shape index (κ3) is 4.95. The summed E-state index contributed by atoms with van der Waals surface area (Å²) in [5.41, 5.74) is 0.538. The van der Waals surface area contributed by atoms with Gasteiger partial charge in [-0.15, -0.1) is 0 Å². The Morgan fingerprint density at radius 1 is 0.964 bits per heavy atom. The molecule has 0 aliphatic carbocycles. The van der Waals surface area contributed by atoms with E-state index < -0.39 is 0 Å². The summed E-state index contributed by atoms with van der Waals surface area (Å²) in [6, 6.07) is 14.1. The number of nitrogens with zero attached hydrogens (tertiary/aromatic N) is 2. The van der Waals surface area contributed by atoms with E-state index in [0.29, 0.717) is 54.7 Å². The molecule has 0 unspecified atom stereocenters. The fourth-order valence-electron chi connectivity index (χ4n) is 3.13. The van der Waals surface area contributed by atoms with E-state index in [1.807, 2.05) is 12.1 Å². The van der Waals surface area contributed by atoms with Crippen LogP contribution in [-0.4, -0.2) is 61.5 Å². The Balaban J connectivity index is 1.56. The highest BCUT2D eigenvalue weighted by Gasteiger charge is 2.24. The Labute approximate surface area is 169 Å². The molecule has 0 atom stereocenters. The molecule has 0 spiro atoms. The molecular formula is C21H23ClN2O4. The van der Waals surface area contributed by atoms with Crippen molar-refractivity contribution in [1.29, 1.82) is 0 Å². The minimum Gasteiger partial charge on any atom is -0.496 e. The van der Waals surface area contributed by atoms with Gasteiger partial charge in [0.15, 0.2) is 6.61 Å². The first-order chi connectivity index (χ1) is 13.6. The van der Waals surface area contributed by atoms with Gasteiger partial charge in [-0.1, -0.05) is 23.7 Å². The van der Waals surface area contributed by atoms with Crippen molar-refractivity contribution in [2.45, 2.75) is 6.42 Å². The topological polar surface area (TPSA) is 59.1 Å². The molecule has 1 saturated heterocycles. The molecule has 0 saturated carbocycles. The first-order valence-corrected chi connectivity index (χ1v) is 9.54. The van der Waals surface area contributed by atoms with Crippen LogP contribution in [0.5, 0.6) is 11.5 Å². The van der Waals surface area contributed by atoms with Crippen LogP contribution < -0.4 is 9.47 Å². The van der Waals surface area contributed by atoms with Crippen molar-refractivity contribution >= 4 is 23.4 Å². The van der Waals surface area contributed by atoms with Gasteiger partial charge in [0, 0.05) is 31.2 Å². The Kier molecular flexibility index (Phi) is 6.76. The van der Waals surface area contributed by atoms with E-state index >= 15 is 0 Å². The fraction of sp³-hybridized carbons (Fsp3) is 0.333. The van der Waals surface area contributed by atoms with Gasteiger partial charge in [0.2, 0.25) is 0 Å². The highest BCUT2D eigenvalue weighted by Crippen LogP contribution is 2.20. The molecule has 0 bridgehead atoms. The molecule has 1 aliphatic rings. The standard InChI is InChI=1S/C21H23ClN2O4/c1-27-19-6-3-2-5-18(19)21(26)24-12-4-11-23(13-14-24)20(25)15-28-17-9-7-16(22)8-10-17/h2-3,5-10H,4,11-15H2,1H3. The summed E-state index contributed by atoms with van der Waals surface area (Å²) in [6.07, 6.45) is 0.716. The molecule has 28 heavy (non-hydrogen) atoms. The zero-order valence-corrected chi connectivity index (χ0v) is 16.5. The van der Waals surface area contributed by atoms with Crippen LogP contribution in [0.25, 0.3) is 0 Å². The molecule has 6 nitrogen and oxygen atoms in total. The summed E-state index contributed by atoms with van der Waals surface area (Å²) in [4.78, 5) is 28.9.